The molecule has 31 heteroatoms. The molecule has 11 heterocycles. The van der Waals surface area contributed by atoms with Crippen molar-refractivity contribution in [3.63, 3.8) is 0 Å². The first-order valence-electron chi connectivity index (χ1n) is 44.3. The highest BCUT2D eigenvalue weighted by Gasteiger charge is 2.38. The largest absolute Gasteiger partial charge is 0.497 e. The summed E-state index contributed by atoms with van der Waals surface area (Å²) < 4.78 is 117. The summed E-state index contributed by atoms with van der Waals surface area (Å²) in [5.41, 5.74) is 17.7. The average molecular weight is 1780 g/mol. The summed E-state index contributed by atoms with van der Waals surface area (Å²) in [5.74, 6) is 0.887. The van der Waals surface area contributed by atoms with Gasteiger partial charge < -0.3 is 42.9 Å². The Kier molecular flexibility index (Phi) is 25.6. The minimum Gasteiger partial charge on any atom is -0.497 e. The van der Waals surface area contributed by atoms with Crippen molar-refractivity contribution in [1.29, 1.82) is 0 Å². The number of carbonyl (C=O) groups excluding carboxylic acids is 6. The summed E-state index contributed by atoms with van der Waals surface area (Å²) in [6.45, 7) is 4.46. The van der Waals surface area contributed by atoms with Crippen LogP contribution in [0.1, 0.15) is 191 Å². The summed E-state index contributed by atoms with van der Waals surface area (Å²) in [6.07, 6.45) is 27.2. The van der Waals surface area contributed by atoms with Crippen molar-refractivity contribution in [2.24, 2.45) is 0 Å². The molecule has 0 atom stereocenters. The smallest absolute Gasteiger partial charge is 0.304 e. The van der Waals surface area contributed by atoms with E-state index in [-0.39, 0.29) is 73.7 Å². The van der Waals surface area contributed by atoms with Crippen LogP contribution in [0.15, 0.2) is 138 Å². The number of ether oxygens (including phenoxy) is 4. The van der Waals surface area contributed by atoms with Gasteiger partial charge in [-0.3, -0.25) is 33.7 Å². The Labute approximate surface area is 741 Å². The van der Waals surface area contributed by atoms with Crippen LogP contribution in [-0.4, -0.2) is 212 Å². The van der Waals surface area contributed by atoms with Crippen LogP contribution in [0.3, 0.4) is 0 Å². The first kappa shape index (κ1) is 88.0. The molecule has 3 aromatic heterocycles. The fraction of sp³-hybridized carbons (Fsp3) is 0.417. The number of allylic oxidation sites excluding steroid dienone is 2. The lowest BCUT2D eigenvalue weighted by molar-refractivity contribution is -0.126. The summed E-state index contributed by atoms with van der Waals surface area (Å²) in [7, 11) is -2.65. The number of nitrogens with zero attached hydrogens (tertiary/aromatic N) is 8. The zero-order valence-corrected chi connectivity index (χ0v) is 75.2. The quantitative estimate of drug-likeness (QED) is 0.112. The first-order valence-corrected chi connectivity index (χ1v) is 48.6. The van der Waals surface area contributed by atoms with Crippen molar-refractivity contribution in [2.75, 3.05) is 115 Å². The van der Waals surface area contributed by atoms with E-state index < -0.39 is 48.3 Å². The number of amides is 5. The van der Waals surface area contributed by atoms with Crippen LogP contribution in [0.2, 0.25) is 0 Å². The third-order valence-corrected chi connectivity index (χ3v) is 31.3. The number of likely N-dealkylation sites (N-methyl/N-ethyl adjacent to an activating group) is 3. The van der Waals surface area contributed by atoms with Gasteiger partial charge in [-0.25, -0.2) is 14.2 Å². The van der Waals surface area contributed by atoms with Gasteiger partial charge in [-0.2, -0.15) is 38.2 Å². The molecule has 127 heavy (non-hydrogen) atoms. The second kappa shape index (κ2) is 37.0. The molecule has 1 saturated heterocycles. The van der Waals surface area contributed by atoms with Crippen LogP contribution >= 0.6 is 0 Å². The fourth-order valence-corrected chi connectivity index (χ4v) is 22.9. The van der Waals surface area contributed by atoms with Crippen molar-refractivity contribution in [3.8, 4) is 51.0 Å². The van der Waals surface area contributed by atoms with Crippen molar-refractivity contribution in [2.45, 2.75) is 147 Å². The van der Waals surface area contributed by atoms with Gasteiger partial charge in [0.25, 0.3) is 23.6 Å². The highest BCUT2D eigenvalue weighted by atomic mass is 32.2. The van der Waals surface area contributed by atoms with E-state index in [1.165, 1.54) is 54.4 Å². The number of nitrogens with one attached hydrogen (secondary N) is 4. The molecular weight excluding hydrogens is 1670 g/mol. The first-order chi connectivity index (χ1) is 61.3. The molecule has 0 spiro atoms. The average Bonchev–Trinajstić information content (AvgIpc) is 1.58. The third-order valence-electron chi connectivity index (χ3n) is 27.0. The number of ketones is 1. The molecule has 14 bridgehead atoms. The van der Waals surface area contributed by atoms with Crippen molar-refractivity contribution in [3.05, 3.63) is 188 Å². The maximum Gasteiger partial charge on any atom is 0.304 e. The Hall–Kier alpha value is -11.0. The topological polar surface area (TPSA) is 321 Å². The van der Waals surface area contributed by atoms with Gasteiger partial charge in [0.2, 0.25) is 5.91 Å². The zero-order valence-electron chi connectivity index (χ0n) is 72.8. The molecular formula is C96H110N12O16S3. The summed E-state index contributed by atoms with van der Waals surface area (Å²) in [4.78, 5) is 85.1. The van der Waals surface area contributed by atoms with Crippen LogP contribution < -0.4 is 33.7 Å². The monoisotopic (exact) mass is 1780 g/mol. The number of carbonyl (C=O) groups is 6. The maximum atomic E-state index is 13.9. The van der Waals surface area contributed by atoms with Crippen LogP contribution in [0.25, 0.3) is 84.7 Å². The predicted octanol–water partition coefficient (Wildman–Crippen LogP) is 13.2. The second-order valence-corrected chi connectivity index (χ2v) is 40.0. The number of benzene rings is 6. The Balaban J connectivity index is 0.000000134. The van der Waals surface area contributed by atoms with Crippen LogP contribution in [0.5, 0.6) is 17.2 Å². The van der Waals surface area contributed by atoms with Crippen molar-refractivity contribution >= 4 is 117 Å². The molecule has 0 radical (unpaired) electrons. The number of aromatic nitrogens is 3. The zero-order chi connectivity index (χ0) is 88.7. The molecule has 8 aliphatic heterocycles. The molecule has 3 saturated carbocycles. The molecule has 5 amide bonds. The fourth-order valence-electron chi connectivity index (χ4n) is 20.1. The highest BCUT2D eigenvalue weighted by Crippen LogP contribution is 2.52. The highest BCUT2D eigenvalue weighted by molar-refractivity contribution is 7.88. The Morgan fingerprint density at radius 3 is 1.25 bits per heavy atom. The van der Waals surface area contributed by atoms with Gasteiger partial charge in [0.05, 0.1) is 71.3 Å². The molecule has 20 rings (SSSR count). The molecule has 28 nitrogen and oxygen atoms in total. The van der Waals surface area contributed by atoms with Gasteiger partial charge in [-0.15, -0.1) is 0 Å². The lowest BCUT2D eigenvalue weighted by Crippen LogP contribution is -2.53. The van der Waals surface area contributed by atoms with Gasteiger partial charge >= 0.3 is 30.6 Å². The number of methoxy groups -OCH3 is 3. The van der Waals surface area contributed by atoms with E-state index in [9.17, 15) is 54.0 Å². The second-order valence-electron chi connectivity index (χ2n) is 34.8. The molecule has 3 aliphatic carbocycles. The Morgan fingerprint density at radius 1 is 0.402 bits per heavy atom. The number of piperazine rings is 1. The van der Waals surface area contributed by atoms with Crippen molar-refractivity contribution < 1.29 is 73.0 Å². The van der Waals surface area contributed by atoms with E-state index in [2.05, 4.69) is 56.3 Å². The lowest BCUT2D eigenvalue weighted by Gasteiger charge is -2.33. The van der Waals surface area contributed by atoms with Crippen LogP contribution in [0, 0.1) is 0 Å². The number of hydrogen-bond donors (Lipinski definition) is 4. The lowest BCUT2D eigenvalue weighted by atomic mass is 9.81. The van der Waals surface area contributed by atoms with Gasteiger partial charge in [0, 0.05) is 169 Å². The van der Waals surface area contributed by atoms with E-state index in [0.29, 0.717) is 111 Å². The molecule has 668 valence electrons. The molecule has 11 aliphatic rings. The van der Waals surface area contributed by atoms with E-state index in [1.54, 1.807) is 75.8 Å². The van der Waals surface area contributed by atoms with E-state index in [4.69, 9.17) is 18.9 Å². The SMILES string of the molecule is COc1ccc2c(c1)C=C1Cn3c-2c(C2CCCCC2)c2ccc(cc23)C(=O)NS(=O)(=O)N(C)C/C=C/CCC1=O.COc1ccc2c(c1)C=C1Cn3c-2c(C2CCCCC2)c2ccc(cc23)C(=O)NS(=O)(=O)N(C)CCOCCN(C)C1=O.COc1ccc2c(c1)C=C1Cn3c-2c(C2CCCCC2)c2ccc(cc23)C(=O)NS(=O)(=O)N2CCN(CCNC1=O)CC2. The maximum absolute atomic E-state index is 13.9. The normalized spacial score (nSPS) is 21.8. The van der Waals surface area contributed by atoms with E-state index in [0.717, 1.165) is 175 Å². The summed E-state index contributed by atoms with van der Waals surface area (Å²) in [5, 5.41) is 6.22. The minimum absolute atomic E-state index is 0.0410. The van der Waals surface area contributed by atoms with Crippen LogP contribution in [-0.2, 0) is 69.4 Å². The third kappa shape index (κ3) is 17.9. The molecule has 4 fully saturated rings. The number of rotatable bonds is 6. The van der Waals surface area contributed by atoms with Gasteiger partial charge in [-0.05, 0) is 205 Å². The summed E-state index contributed by atoms with van der Waals surface area (Å²) in [6, 6.07) is 34.3. The van der Waals surface area contributed by atoms with E-state index in [1.807, 2.05) is 78.9 Å². The van der Waals surface area contributed by atoms with Crippen LogP contribution in [0.4, 0.5) is 0 Å². The van der Waals surface area contributed by atoms with Crippen molar-refractivity contribution in [1.82, 2.24) is 55.9 Å². The molecule has 6 aromatic carbocycles. The molecule has 0 unspecified atom stereocenters. The minimum atomic E-state index is -4.09. The number of fused-ring (bicyclic) bond motifs is 17. The predicted molar refractivity (Wildman–Crippen MR) is 490 cm³/mol. The standard InChI is InChI=1S/C32H37N5O5S.C32H38N4O6S.C32H35N3O5S/c1-42-25-8-10-26-23(18-25)17-24-20-37-28-19-22(7-9-27(28)29(30(26)37)21-5-3-2-4-6-21)32(39)34-43(40,41)36-15-13-35(14-16-36)12-11-33-31(24)38;1-34-13-15-42-16-14-35(2)43(39,40)33-31(37)22-9-11-27-28(19-22)36-20-24(32(34)38)17-23-18-25(41-3)10-12-26(23)30(36)29(27)21-7-5-4-6-8-21;1-34-16-8-4-7-11-29(36)24-17-23-18-25(40-2)13-15-26(23)31-30(21-9-5-3-6-10-21)27-14-12-22(19-28(27)35(31)20-24)32(37)33-41(34,38)39/h7-10,17-19,21H,2-6,11-16,20H2,1H3,(H,33,38)(H,34,39);9-12,17-19,21H,4-8,13-16,20H2,1-3H3,(H,33,37);4,8,12-15,17-19,21H,3,5-7,9-11,16,20H2,1-2H3,(H,33,37)/b;;8-4+. The number of Topliss-reactive ketones (excluding diaryl/α,β-unsaturated/α-hetero) is 1. The Bertz CT molecular complexity index is 6390. The Morgan fingerprint density at radius 2 is 0.803 bits per heavy atom. The number of hydrogen-bond acceptors (Lipinski definition) is 17. The summed E-state index contributed by atoms with van der Waals surface area (Å²) >= 11 is 0. The van der Waals surface area contributed by atoms with Gasteiger partial charge in [0.15, 0.2) is 5.78 Å². The van der Waals surface area contributed by atoms with Gasteiger partial charge in [0.1, 0.15) is 17.2 Å². The molecule has 4 N–H and O–H groups in total. The van der Waals surface area contributed by atoms with Gasteiger partial charge in [-0.1, -0.05) is 88.1 Å². The van der Waals surface area contributed by atoms with E-state index >= 15 is 0 Å². The molecule has 9 aromatic rings.